The molecule has 0 spiro atoms. The molecule has 96 valence electrons. The van der Waals surface area contributed by atoms with E-state index in [1.54, 1.807) is 6.08 Å². The SMILES string of the molecule is O=C(O)C(=NOC/C=C/c1ccccc1)C(Cl)Cl. The van der Waals surface area contributed by atoms with Crippen molar-refractivity contribution in [2.45, 2.75) is 4.84 Å². The third-order valence-corrected chi connectivity index (χ3v) is 2.28. The van der Waals surface area contributed by atoms with E-state index in [-0.39, 0.29) is 6.61 Å². The molecule has 1 N–H and O–H groups in total. The van der Waals surface area contributed by atoms with Gasteiger partial charge in [0.1, 0.15) is 6.61 Å². The summed E-state index contributed by atoms with van der Waals surface area (Å²) in [5.41, 5.74) is 0.572. The second-order valence-electron chi connectivity index (χ2n) is 3.19. The fourth-order valence-corrected chi connectivity index (χ4v) is 1.34. The number of oxime groups is 1. The number of carbonyl (C=O) groups is 1. The smallest absolute Gasteiger partial charge is 0.356 e. The van der Waals surface area contributed by atoms with Crippen molar-refractivity contribution in [2.24, 2.45) is 5.16 Å². The number of nitrogens with zero attached hydrogens (tertiary/aromatic N) is 1. The second-order valence-corrected chi connectivity index (χ2v) is 4.29. The van der Waals surface area contributed by atoms with Crippen molar-refractivity contribution >= 4 is 41.0 Å². The molecule has 4 nitrogen and oxygen atoms in total. The molecule has 0 aliphatic carbocycles. The molecule has 0 atom stereocenters. The van der Waals surface area contributed by atoms with E-state index in [2.05, 4.69) is 5.16 Å². The fraction of sp³-hybridized carbons (Fsp3) is 0.167. The quantitative estimate of drug-likeness (QED) is 0.379. The Labute approximate surface area is 114 Å². The van der Waals surface area contributed by atoms with Crippen LogP contribution < -0.4 is 0 Å². The van der Waals surface area contributed by atoms with Crippen LogP contribution in [-0.2, 0) is 9.63 Å². The molecular formula is C12H11Cl2NO3. The van der Waals surface area contributed by atoms with E-state index in [1.807, 2.05) is 36.4 Å². The maximum Gasteiger partial charge on any atom is 0.356 e. The van der Waals surface area contributed by atoms with E-state index in [1.165, 1.54) is 0 Å². The van der Waals surface area contributed by atoms with Gasteiger partial charge in [0.15, 0.2) is 10.5 Å². The molecule has 1 aromatic rings. The minimum Gasteiger partial charge on any atom is -0.477 e. The molecule has 0 saturated heterocycles. The first-order valence-electron chi connectivity index (χ1n) is 5.04. The van der Waals surface area contributed by atoms with Gasteiger partial charge in [-0.25, -0.2) is 4.79 Å². The maximum absolute atomic E-state index is 10.6. The van der Waals surface area contributed by atoms with Gasteiger partial charge in [-0.05, 0) is 11.6 Å². The van der Waals surface area contributed by atoms with Crippen molar-refractivity contribution in [1.82, 2.24) is 0 Å². The summed E-state index contributed by atoms with van der Waals surface area (Å²) in [6, 6.07) is 9.59. The van der Waals surface area contributed by atoms with Crippen molar-refractivity contribution in [3.05, 3.63) is 42.0 Å². The predicted molar refractivity (Wildman–Crippen MR) is 72.0 cm³/mol. The van der Waals surface area contributed by atoms with Crippen LogP contribution in [0.2, 0.25) is 0 Å². The van der Waals surface area contributed by atoms with Crippen molar-refractivity contribution in [1.29, 1.82) is 0 Å². The number of hydrogen-bond donors (Lipinski definition) is 1. The Morgan fingerprint density at radius 3 is 2.61 bits per heavy atom. The molecule has 0 aromatic heterocycles. The average molecular weight is 288 g/mol. The number of benzene rings is 1. The van der Waals surface area contributed by atoms with Gasteiger partial charge in [-0.3, -0.25) is 0 Å². The molecule has 1 aromatic carbocycles. The predicted octanol–water partition coefficient (Wildman–Crippen LogP) is 2.96. The Balaban J connectivity index is 2.45. The van der Waals surface area contributed by atoms with Crippen molar-refractivity contribution in [3.8, 4) is 0 Å². The maximum atomic E-state index is 10.6. The molecule has 0 aliphatic heterocycles. The standard InChI is InChI=1S/C12H11Cl2NO3/c13-11(14)10(12(16)17)15-18-8-4-7-9-5-2-1-3-6-9/h1-7,11H,8H2,(H,16,17)/b7-4+,15-10?. The van der Waals surface area contributed by atoms with E-state index in [9.17, 15) is 4.79 Å². The lowest BCUT2D eigenvalue weighted by atomic mass is 10.2. The minimum absolute atomic E-state index is 0.131. The molecule has 1 rings (SSSR count). The van der Waals surface area contributed by atoms with Crippen LogP contribution in [0.5, 0.6) is 0 Å². The van der Waals surface area contributed by atoms with Gasteiger partial charge in [0, 0.05) is 0 Å². The van der Waals surface area contributed by atoms with E-state index in [4.69, 9.17) is 33.1 Å². The minimum atomic E-state index is -1.31. The van der Waals surface area contributed by atoms with Gasteiger partial charge in [-0.15, -0.1) is 0 Å². The molecule has 0 heterocycles. The number of rotatable bonds is 6. The summed E-state index contributed by atoms with van der Waals surface area (Å²) in [7, 11) is 0. The highest BCUT2D eigenvalue weighted by Crippen LogP contribution is 2.06. The van der Waals surface area contributed by atoms with Gasteiger partial charge in [0.25, 0.3) is 0 Å². The Bertz CT molecular complexity index is 444. The zero-order chi connectivity index (χ0) is 13.4. The Kier molecular flexibility index (Phi) is 6.25. The molecule has 0 radical (unpaired) electrons. The van der Waals surface area contributed by atoms with Gasteiger partial charge >= 0.3 is 5.97 Å². The summed E-state index contributed by atoms with van der Waals surface area (Å²) in [6.45, 7) is 0.131. The number of carboxylic acids is 1. The molecule has 6 heteroatoms. The molecule has 0 aliphatic rings. The summed E-state index contributed by atoms with van der Waals surface area (Å²) in [5.74, 6) is -1.31. The number of carboxylic acid groups (broad SMARTS) is 1. The zero-order valence-electron chi connectivity index (χ0n) is 9.29. The van der Waals surface area contributed by atoms with Crippen LogP contribution in [0.25, 0.3) is 6.08 Å². The van der Waals surface area contributed by atoms with Crippen molar-refractivity contribution < 1.29 is 14.7 Å². The van der Waals surface area contributed by atoms with Crippen LogP contribution in [0.1, 0.15) is 5.56 Å². The number of halogens is 2. The Morgan fingerprint density at radius 1 is 1.39 bits per heavy atom. The third kappa shape index (κ3) is 5.21. The summed E-state index contributed by atoms with van der Waals surface area (Å²) in [4.78, 5) is 14.2. The first kappa shape index (κ1) is 14.5. The van der Waals surface area contributed by atoms with Crippen LogP contribution in [0.4, 0.5) is 0 Å². The molecule has 18 heavy (non-hydrogen) atoms. The molecule has 0 saturated carbocycles. The number of hydrogen-bond acceptors (Lipinski definition) is 3. The highest BCUT2D eigenvalue weighted by molar-refractivity contribution is 6.63. The summed E-state index contributed by atoms with van der Waals surface area (Å²) >= 11 is 10.8. The van der Waals surface area contributed by atoms with E-state index < -0.39 is 16.5 Å². The van der Waals surface area contributed by atoms with Gasteiger partial charge in [0.05, 0.1) is 0 Å². The summed E-state index contributed by atoms with van der Waals surface area (Å²) in [6.07, 6.45) is 3.53. The largest absolute Gasteiger partial charge is 0.477 e. The van der Waals surface area contributed by atoms with E-state index in [0.29, 0.717) is 0 Å². The van der Waals surface area contributed by atoms with Gasteiger partial charge in [0.2, 0.25) is 0 Å². The lowest BCUT2D eigenvalue weighted by molar-refractivity contribution is -0.129. The van der Waals surface area contributed by atoms with Crippen LogP contribution in [0.3, 0.4) is 0 Å². The number of aliphatic carboxylic acids is 1. The highest BCUT2D eigenvalue weighted by Gasteiger charge is 2.18. The Morgan fingerprint density at radius 2 is 2.06 bits per heavy atom. The normalized spacial score (nSPS) is 12.1. The molecule has 0 bridgehead atoms. The van der Waals surface area contributed by atoms with Crippen molar-refractivity contribution in [3.63, 3.8) is 0 Å². The van der Waals surface area contributed by atoms with Crippen molar-refractivity contribution in [2.75, 3.05) is 6.61 Å². The lowest BCUT2D eigenvalue weighted by Gasteiger charge is -2.00. The Hall–Kier alpha value is -1.52. The molecule has 0 amide bonds. The highest BCUT2D eigenvalue weighted by atomic mass is 35.5. The van der Waals surface area contributed by atoms with Gasteiger partial charge < -0.3 is 9.94 Å². The third-order valence-electron chi connectivity index (χ3n) is 1.87. The lowest BCUT2D eigenvalue weighted by Crippen LogP contribution is -2.20. The molecule has 0 fully saturated rings. The summed E-state index contributed by atoms with van der Waals surface area (Å²) < 4.78 is 0. The summed E-state index contributed by atoms with van der Waals surface area (Å²) in [5, 5.41) is 12.0. The number of alkyl halides is 2. The first-order chi connectivity index (χ1) is 8.61. The topological polar surface area (TPSA) is 58.9 Å². The van der Waals surface area contributed by atoms with Crippen LogP contribution in [0.15, 0.2) is 41.6 Å². The van der Waals surface area contributed by atoms with E-state index >= 15 is 0 Å². The second kappa shape index (κ2) is 7.74. The monoisotopic (exact) mass is 287 g/mol. The molecule has 0 unspecified atom stereocenters. The van der Waals surface area contributed by atoms with Gasteiger partial charge in [-0.2, -0.15) is 0 Å². The average Bonchev–Trinajstić information content (AvgIpc) is 2.34. The zero-order valence-corrected chi connectivity index (χ0v) is 10.8. The van der Waals surface area contributed by atoms with Crippen LogP contribution >= 0.6 is 23.2 Å². The van der Waals surface area contributed by atoms with Gasteiger partial charge in [-0.1, -0.05) is 64.8 Å². The van der Waals surface area contributed by atoms with E-state index in [0.717, 1.165) is 5.56 Å². The van der Waals surface area contributed by atoms with Crippen LogP contribution in [0, 0.1) is 0 Å². The van der Waals surface area contributed by atoms with Crippen LogP contribution in [-0.4, -0.2) is 28.2 Å². The molecular weight excluding hydrogens is 277 g/mol. The first-order valence-corrected chi connectivity index (χ1v) is 5.91. The fourth-order valence-electron chi connectivity index (χ4n) is 1.07.